The van der Waals surface area contributed by atoms with E-state index in [1.807, 2.05) is 17.5 Å². The van der Waals surface area contributed by atoms with Gasteiger partial charge in [-0.15, -0.1) is 16.4 Å². The minimum atomic E-state index is -0.298. The zero-order valence-electron chi connectivity index (χ0n) is 13.3. The quantitative estimate of drug-likeness (QED) is 0.908. The summed E-state index contributed by atoms with van der Waals surface area (Å²) in [6, 6.07) is 4.02. The van der Waals surface area contributed by atoms with E-state index in [0.717, 1.165) is 25.7 Å². The maximum Gasteiger partial charge on any atom is 0.275 e. The minimum absolute atomic E-state index is 0.139. The number of hydrogen-bond donors (Lipinski definition) is 1. The summed E-state index contributed by atoms with van der Waals surface area (Å²) in [6.45, 7) is 1.20. The first-order valence-corrected chi connectivity index (χ1v) is 8.87. The molecule has 7 heteroatoms. The third-order valence-corrected chi connectivity index (χ3v) is 5.24. The minimum Gasteiger partial charge on any atom is -0.393 e. The Hall–Kier alpha value is -1.73. The Labute approximate surface area is 139 Å². The molecule has 0 radical (unpaired) electrons. The number of carbonyl (C=O) groups is 1. The van der Waals surface area contributed by atoms with Gasteiger partial charge in [0.1, 0.15) is 0 Å². The molecule has 0 aromatic carbocycles. The van der Waals surface area contributed by atoms with Gasteiger partial charge in [-0.1, -0.05) is 24.1 Å². The van der Waals surface area contributed by atoms with E-state index in [9.17, 15) is 9.90 Å². The molecule has 0 bridgehead atoms. The number of carbonyl (C=O) groups excluding carboxylic acids is 1. The van der Waals surface area contributed by atoms with Crippen LogP contribution in [0.4, 0.5) is 0 Å². The van der Waals surface area contributed by atoms with Crippen LogP contribution in [0.2, 0.25) is 0 Å². The van der Waals surface area contributed by atoms with Crippen molar-refractivity contribution in [3.63, 3.8) is 0 Å². The standard InChI is InChI=1S/C16H22N4O2S/c1-19(9-12-5-2-3-7-15(12)21)16(22)14-11-20(18-17-14)10-13-6-4-8-23-13/h4,6,8,11-12,15,21H,2-3,5,7,9-10H2,1H3. The van der Waals surface area contributed by atoms with Crippen LogP contribution in [0.1, 0.15) is 41.0 Å². The topological polar surface area (TPSA) is 71.2 Å². The summed E-state index contributed by atoms with van der Waals surface area (Å²) in [7, 11) is 1.77. The van der Waals surface area contributed by atoms with E-state index in [2.05, 4.69) is 10.3 Å². The number of hydrogen-bond acceptors (Lipinski definition) is 5. The van der Waals surface area contributed by atoms with Crippen LogP contribution in [0, 0.1) is 5.92 Å². The number of thiophene rings is 1. The largest absolute Gasteiger partial charge is 0.393 e. The van der Waals surface area contributed by atoms with E-state index < -0.39 is 0 Å². The molecule has 2 aromatic heterocycles. The van der Waals surface area contributed by atoms with E-state index in [1.165, 1.54) is 4.88 Å². The van der Waals surface area contributed by atoms with Crippen molar-refractivity contribution in [1.82, 2.24) is 19.9 Å². The number of aromatic nitrogens is 3. The molecule has 0 saturated heterocycles. The molecule has 2 heterocycles. The molecular weight excluding hydrogens is 312 g/mol. The van der Waals surface area contributed by atoms with E-state index in [4.69, 9.17) is 0 Å². The smallest absolute Gasteiger partial charge is 0.275 e. The van der Waals surface area contributed by atoms with Gasteiger partial charge in [-0.2, -0.15) is 0 Å². The van der Waals surface area contributed by atoms with E-state index in [0.29, 0.717) is 18.8 Å². The van der Waals surface area contributed by atoms with E-state index in [1.54, 1.807) is 34.2 Å². The van der Waals surface area contributed by atoms with Crippen molar-refractivity contribution in [2.45, 2.75) is 38.3 Å². The number of amides is 1. The lowest BCUT2D eigenvalue weighted by molar-refractivity contribution is 0.0448. The molecule has 3 rings (SSSR count). The highest BCUT2D eigenvalue weighted by Crippen LogP contribution is 2.25. The fraction of sp³-hybridized carbons (Fsp3) is 0.562. The van der Waals surface area contributed by atoms with Crippen LogP contribution in [0.3, 0.4) is 0 Å². The fourth-order valence-electron chi connectivity index (χ4n) is 3.07. The van der Waals surface area contributed by atoms with Gasteiger partial charge in [-0.3, -0.25) is 4.79 Å². The van der Waals surface area contributed by atoms with Gasteiger partial charge in [-0.25, -0.2) is 4.68 Å². The van der Waals surface area contributed by atoms with Crippen LogP contribution < -0.4 is 0 Å². The molecule has 1 N–H and O–H groups in total. The van der Waals surface area contributed by atoms with Crippen molar-refractivity contribution in [3.05, 3.63) is 34.3 Å². The molecule has 0 aliphatic heterocycles. The maximum atomic E-state index is 12.5. The number of aliphatic hydroxyl groups is 1. The zero-order valence-corrected chi connectivity index (χ0v) is 14.1. The Balaban J connectivity index is 1.59. The molecule has 6 nitrogen and oxygen atoms in total. The maximum absolute atomic E-state index is 12.5. The summed E-state index contributed by atoms with van der Waals surface area (Å²) in [5.74, 6) is 0.0269. The van der Waals surface area contributed by atoms with Crippen molar-refractivity contribution in [1.29, 1.82) is 0 Å². The normalized spacial score (nSPS) is 21.3. The predicted molar refractivity (Wildman–Crippen MR) is 88.4 cm³/mol. The third kappa shape index (κ3) is 3.97. The van der Waals surface area contributed by atoms with Crippen molar-refractivity contribution in [3.8, 4) is 0 Å². The van der Waals surface area contributed by atoms with Gasteiger partial charge in [0.25, 0.3) is 5.91 Å². The monoisotopic (exact) mass is 334 g/mol. The average molecular weight is 334 g/mol. The van der Waals surface area contributed by atoms with Crippen LogP contribution in [-0.2, 0) is 6.54 Å². The van der Waals surface area contributed by atoms with Crippen LogP contribution in [-0.4, -0.2) is 50.6 Å². The first-order chi connectivity index (χ1) is 11.1. The van der Waals surface area contributed by atoms with E-state index >= 15 is 0 Å². The Bertz CT molecular complexity index is 640. The average Bonchev–Trinajstić information content (AvgIpc) is 3.21. The second-order valence-electron chi connectivity index (χ2n) is 6.18. The van der Waals surface area contributed by atoms with Gasteiger partial charge in [0, 0.05) is 24.4 Å². The summed E-state index contributed by atoms with van der Waals surface area (Å²) in [5, 5.41) is 20.1. The number of nitrogens with zero attached hydrogens (tertiary/aromatic N) is 4. The van der Waals surface area contributed by atoms with Gasteiger partial charge in [0.15, 0.2) is 5.69 Å². The SMILES string of the molecule is CN(CC1CCCCC1O)C(=O)c1cn(Cc2cccs2)nn1. The predicted octanol–water partition coefficient (Wildman–Crippen LogP) is 2.01. The summed E-state index contributed by atoms with van der Waals surface area (Å²) >= 11 is 1.65. The van der Waals surface area contributed by atoms with Gasteiger partial charge in [-0.05, 0) is 24.3 Å². The van der Waals surface area contributed by atoms with Gasteiger partial charge in [0.05, 0.1) is 18.8 Å². The molecular formula is C16H22N4O2S. The van der Waals surface area contributed by atoms with Crippen molar-refractivity contribution >= 4 is 17.2 Å². The summed E-state index contributed by atoms with van der Waals surface area (Å²) in [6.07, 6.45) is 5.41. The highest BCUT2D eigenvalue weighted by molar-refractivity contribution is 7.09. The first-order valence-electron chi connectivity index (χ1n) is 7.99. The van der Waals surface area contributed by atoms with Crippen molar-refractivity contribution < 1.29 is 9.90 Å². The van der Waals surface area contributed by atoms with Crippen LogP contribution in [0.5, 0.6) is 0 Å². The summed E-state index contributed by atoms with van der Waals surface area (Å²) in [4.78, 5) is 15.3. The fourth-order valence-corrected chi connectivity index (χ4v) is 3.76. The molecule has 1 aliphatic carbocycles. The van der Waals surface area contributed by atoms with Crippen LogP contribution in [0.25, 0.3) is 0 Å². The highest BCUT2D eigenvalue weighted by atomic mass is 32.1. The zero-order chi connectivity index (χ0) is 16.2. The second kappa shape index (κ2) is 7.23. The Morgan fingerprint density at radius 2 is 2.30 bits per heavy atom. The third-order valence-electron chi connectivity index (χ3n) is 4.38. The van der Waals surface area contributed by atoms with Gasteiger partial charge >= 0.3 is 0 Å². The highest BCUT2D eigenvalue weighted by Gasteiger charge is 2.26. The molecule has 124 valence electrons. The lowest BCUT2D eigenvalue weighted by Crippen LogP contribution is -2.38. The molecule has 1 aliphatic rings. The Morgan fingerprint density at radius 3 is 3.04 bits per heavy atom. The first kappa shape index (κ1) is 16.1. The summed E-state index contributed by atoms with van der Waals surface area (Å²) in [5.41, 5.74) is 0.356. The molecule has 1 saturated carbocycles. The molecule has 23 heavy (non-hydrogen) atoms. The molecule has 0 spiro atoms. The molecule has 1 fully saturated rings. The van der Waals surface area contributed by atoms with Crippen LogP contribution >= 0.6 is 11.3 Å². The number of aliphatic hydroxyl groups excluding tert-OH is 1. The van der Waals surface area contributed by atoms with Gasteiger partial charge in [0.2, 0.25) is 0 Å². The lowest BCUT2D eigenvalue weighted by atomic mass is 9.86. The Kier molecular flexibility index (Phi) is 5.07. The second-order valence-corrected chi connectivity index (χ2v) is 7.21. The lowest BCUT2D eigenvalue weighted by Gasteiger charge is -2.30. The summed E-state index contributed by atoms with van der Waals surface area (Å²) < 4.78 is 1.68. The molecule has 2 unspecified atom stereocenters. The number of rotatable bonds is 5. The molecule has 2 atom stereocenters. The molecule has 2 aromatic rings. The van der Waals surface area contributed by atoms with Crippen LogP contribution in [0.15, 0.2) is 23.7 Å². The molecule has 1 amide bonds. The Morgan fingerprint density at radius 1 is 1.48 bits per heavy atom. The van der Waals surface area contributed by atoms with Gasteiger partial charge < -0.3 is 10.0 Å². The van der Waals surface area contributed by atoms with Crippen molar-refractivity contribution in [2.75, 3.05) is 13.6 Å². The van der Waals surface area contributed by atoms with E-state index in [-0.39, 0.29) is 17.9 Å². The van der Waals surface area contributed by atoms with Crippen molar-refractivity contribution in [2.24, 2.45) is 5.92 Å².